The second kappa shape index (κ2) is 17.1. The fourth-order valence-electron chi connectivity index (χ4n) is 7.06. The van der Waals surface area contributed by atoms with Crippen molar-refractivity contribution < 1.29 is 9.59 Å². The van der Waals surface area contributed by atoms with Crippen molar-refractivity contribution in [3.8, 4) is 0 Å². The summed E-state index contributed by atoms with van der Waals surface area (Å²) >= 11 is 12.4. The molecule has 0 unspecified atom stereocenters. The zero-order valence-corrected chi connectivity index (χ0v) is 31.5. The number of nitrogens with one attached hydrogen (secondary N) is 8. The van der Waals surface area contributed by atoms with Gasteiger partial charge in [0.05, 0.1) is 33.4 Å². The minimum atomic E-state index is -0.341. The van der Waals surface area contributed by atoms with Crippen LogP contribution in [0.2, 0.25) is 10.0 Å². The Morgan fingerprint density at radius 1 is 0.564 bits per heavy atom. The van der Waals surface area contributed by atoms with Crippen LogP contribution < -0.4 is 42.4 Å². The smallest absolute Gasteiger partial charge is 0.323 e. The molecule has 2 saturated heterocycles. The maximum absolute atomic E-state index is 12.4. The number of nitrogens with zero attached hydrogens (tertiary/aromatic N) is 2. The van der Waals surface area contributed by atoms with Crippen molar-refractivity contribution in [2.75, 3.05) is 46.6 Å². The van der Waals surface area contributed by atoms with Crippen LogP contribution >= 0.6 is 23.2 Å². The van der Waals surface area contributed by atoms with Crippen LogP contribution in [-0.2, 0) is 13.1 Å². The maximum atomic E-state index is 12.4. The number of imidazole rings is 2. The Morgan fingerprint density at radius 2 is 0.982 bits per heavy atom. The highest BCUT2D eigenvalue weighted by atomic mass is 35.5. The van der Waals surface area contributed by atoms with Crippen LogP contribution in [0.25, 0.3) is 22.1 Å². The average molecular weight is 786 g/mol. The molecule has 6 aromatic rings. The number of carbonyl (C=O) groups excluding carboxylic acids is 2. The summed E-state index contributed by atoms with van der Waals surface area (Å²) in [4.78, 5) is 63.1. The van der Waals surface area contributed by atoms with E-state index in [9.17, 15) is 19.2 Å². The van der Waals surface area contributed by atoms with E-state index in [4.69, 9.17) is 23.2 Å². The zero-order valence-electron chi connectivity index (χ0n) is 30.0. The molecular formula is C39H42Cl2N10O4. The van der Waals surface area contributed by atoms with Crippen LogP contribution in [0.1, 0.15) is 43.2 Å². The highest BCUT2D eigenvalue weighted by Gasteiger charge is 2.18. The number of anilines is 4. The first-order valence-electron chi connectivity index (χ1n) is 18.3. The number of hydrogen-bond donors (Lipinski definition) is 8. The predicted octanol–water partition coefficient (Wildman–Crippen LogP) is 7.25. The second-order valence-corrected chi connectivity index (χ2v) is 14.4. The Bertz CT molecular complexity index is 2430. The number of hydrogen-bond acceptors (Lipinski definition) is 6. The Balaban J connectivity index is 0.000000169. The van der Waals surface area contributed by atoms with Crippen LogP contribution in [0.4, 0.5) is 32.3 Å². The Hall–Kier alpha value is -5.86. The quantitative estimate of drug-likeness (QED) is 0.0803. The lowest BCUT2D eigenvalue weighted by molar-refractivity contribution is 0.251. The number of para-hydroxylation sites is 2. The van der Waals surface area contributed by atoms with Gasteiger partial charge in [0.15, 0.2) is 0 Å². The van der Waals surface area contributed by atoms with Crippen LogP contribution in [-0.4, -0.2) is 58.2 Å². The molecule has 8 N–H and O–H groups in total. The van der Waals surface area contributed by atoms with E-state index in [0.717, 1.165) is 48.7 Å². The summed E-state index contributed by atoms with van der Waals surface area (Å²) in [6, 6.07) is 21.4. The number of fused-ring (bicyclic) bond motifs is 2. The third kappa shape index (κ3) is 9.27. The van der Waals surface area contributed by atoms with Gasteiger partial charge in [-0.05, 0) is 91.8 Å². The van der Waals surface area contributed by atoms with Gasteiger partial charge in [-0.3, -0.25) is 0 Å². The molecule has 14 nitrogen and oxygen atoms in total. The van der Waals surface area contributed by atoms with Gasteiger partial charge in [-0.15, -0.1) is 0 Å². The largest absolute Gasteiger partial charge is 0.371 e. The summed E-state index contributed by atoms with van der Waals surface area (Å²) in [5, 5.41) is 12.7. The van der Waals surface area contributed by atoms with E-state index in [1.54, 1.807) is 36.4 Å². The van der Waals surface area contributed by atoms with Crippen molar-refractivity contribution in [2.24, 2.45) is 0 Å². The summed E-state index contributed by atoms with van der Waals surface area (Å²) in [6.07, 6.45) is 5.91. The number of amides is 4. The number of carbonyl (C=O) groups is 2. The van der Waals surface area contributed by atoms with Crippen molar-refractivity contribution in [2.45, 2.75) is 45.2 Å². The molecule has 4 aromatic carbocycles. The Labute approximate surface area is 326 Å². The van der Waals surface area contributed by atoms with Crippen LogP contribution in [0.3, 0.4) is 0 Å². The van der Waals surface area contributed by atoms with Gasteiger partial charge < -0.3 is 51.0 Å². The van der Waals surface area contributed by atoms with Crippen molar-refractivity contribution in [3.63, 3.8) is 0 Å². The van der Waals surface area contributed by atoms with E-state index in [1.807, 2.05) is 36.4 Å². The molecule has 8 rings (SSSR count). The molecule has 16 heteroatoms. The van der Waals surface area contributed by atoms with Crippen LogP contribution in [0, 0.1) is 0 Å². The molecule has 0 saturated carbocycles. The van der Waals surface area contributed by atoms with Gasteiger partial charge in [0.25, 0.3) is 0 Å². The summed E-state index contributed by atoms with van der Waals surface area (Å²) in [5.41, 5.74) is 7.08. The van der Waals surface area contributed by atoms with E-state index in [-0.39, 0.29) is 23.4 Å². The molecule has 0 spiro atoms. The molecule has 55 heavy (non-hydrogen) atoms. The third-order valence-corrected chi connectivity index (χ3v) is 10.2. The lowest BCUT2D eigenvalue weighted by Crippen LogP contribution is -2.32. The van der Waals surface area contributed by atoms with Gasteiger partial charge in [-0.1, -0.05) is 47.5 Å². The standard InChI is InChI=1S/C20H22ClN5O2.C19H20ClN5O2/c21-14-8-7-13(17(11-14)26-9-2-1-3-10-26)12-22-19(27)23-15-5-4-6-16-18(15)25-20(28)24-16;20-13-7-6-12(16(10-13)25-8-1-2-9-25)11-21-18(26)22-14-4-3-5-15-17(14)24-19(27)23-15/h4-8,11H,1-3,9-10,12H2,(H2,22,23,27)(H2,24,25,28);3-7,10H,1-2,8-9,11H2,(H2,21,22,26)(H2,23,24,27). The Morgan fingerprint density at radius 3 is 1.42 bits per heavy atom. The fourth-order valence-corrected chi connectivity index (χ4v) is 7.40. The highest BCUT2D eigenvalue weighted by molar-refractivity contribution is 6.31. The first kappa shape index (κ1) is 37.5. The van der Waals surface area contributed by atoms with Crippen LogP contribution in [0.15, 0.2) is 82.4 Å². The van der Waals surface area contributed by atoms with Gasteiger partial charge in [-0.25, -0.2) is 19.2 Å². The molecule has 4 heterocycles. The number of rotatable bonds is 8. The molecule has 2 aromatic heterocycles. The lowest BCUT2D eigenvalue weighted by Gasteiger charge is -2.31. The molecular weight excluding hydrogens is 743 g/mol. The monoisotopic (exact) mass is 784 g/mol. The number of halogens is 2. The summed E-state index contributed by atoms with van der Waals surface area (Å²) < 4.78 is 0. The van der Waals surface area contributed by atoms with Gasteiger partial charge in [0, 0.05) is 60.7 Å². The van der Waals surface area contributed by atoms with E-state index in [2.05, 4.69) is 51.0 Å². The molecule has 2 aliphatic rings. The fraction of sp³-hybridized carbons (Fsp3) is 0.282. The number of piperidine rings is 1. The van der Waals surface area contributed by atoms with Gasteiger partial charge in [0.1, 0.15) is 0 Å². The van der Waals surface area contributed by atoms with Gasteiger partial charge in [0.2, 0.25) is 0 Å². The van der Waals surface area contributed by atoms with Crippen molar-refractivity contribution in [1.82, 2.24) is 30.6 Å². The number of aromatic nitrogens is 4. The minimum absolute atomic E-state index is 0.308. The first-order valence-corrected chi connectivity index (χ1v) is 19.0. The molecule has 4 amide bonds. The van der Waals surface area contributed by atoms with E-state index in [1.165, 1.54) is 32.1 Å². The molecule has 0 bridgehead atoms. The average Bonchev–Trinajstić information content (AvgIpc) is 3.95. The number of aromatic amines is 4. The topological polar surface area (TPSA) is 186 Å². The summed E-state index contributed by atoms with van der Waals surface area (Å²) in [5.74, 6) is 0. The van der Waals surface area contributed by atoms with Crippen molar-refractivity contribution in [3.05, 3.63) is 115 Å². The number of urea groups is 2. The SMILES string of the molecule is O=C(NCc1ccc(Cl)cc1N1CCCC1)Nc1cccc2[nH]c(=O)[nH]c12.O=C(NCc1ccc(Cl)cc1N1CCCCC1)Nc1cccc2[nH]c(=O)[nH]c12. The molecule has 2 fully saturated rings. The molecule has 0 radical (unpaired) electrons. The van der Waals surface area contributed by atoms with Crippen molar-refractivity contribution >= 4 is 80.1 Å². The zero-order chi connectivity index (χ0) is 38.3. The summed E-state index contributed by atoms with van der Waals surface area (Å²) in [6.45, 7) is 4.78. The van der Waals surface area contributed by atoms with Crippen LogP contribution in [0.5, 0.6) is 0 Å². The maximum Gasteiger partial charge on any atom is 0.323 e. The Kier molecular flexibility index (Phi) is 11.6. The van der Waals surface area contributed by atoms with Gasteiger partial charge in [-0.2, -0.15) is 0 Å². The summed E-state index contributed by atoms with van der Waals surface area (Å²) in [7, 11) is 0. The third-order valence-electron chi connectivity index (χ3n) is 9.72. The normalized spacial score (nSPS) is 14.1. The highest BCUT2D eigenvalue weighted by Crippen LogP contribution is 2.29. The molecule has 0 aliphatic carbocycles. The molecule has 286 valence electrons. The number of benzene rings is 4. The van der Waals surface area contributed by atoms with E-state index >= 15 is 0 Å². The van der Waals surface area contributed by atoms with Crippen molar-refractivity contribution in [1.29, 1.82) is 0 Å². The van der Waals surface area contributed by atoms with Gasteiger partial charge >= 0.3 is 23.4 Å². The molecule has 0 atom stereocenters. The first-order chi connectivity index (χ1) is 26.7. The number of H-pyrrole nitrogens is 4. The predicted molar refractivity (Wildman–Crippen MR) is 220 cm³/mol. The lowest BCUT2D eigenvalue weighted by atomic mass is 10.1. The second-order valence-electron chi connectivity index (χ2n) is 13.5. The minimum Gasteiger partial charge on any atom is -0.371 e. The molecule has 2 aliphatic heterocycles. The van der Waals surface area contributed by atoms with E-state index < -0.39 is 0 Å². The van der Waals surface area contributed by atoms with E-state index in [0.29, 0.717) is 56.6 Å².